The van der Waals surface area contributed by atoms with Gasteiger partial charge in [-0.3, -0.25) is 14.7 Å². The number of benzene rings is 3. The van der Waals surface area contributed by atoms with Crippen molar-refractivity contribution >= 4 is 39.8 Å². The zero-order valence-electron chi connectivity index (χ0n) is 24.1. The van der Waals surface area contributed by atoms with Gasteiger partial charge in [0.25, 0.3) is 5.91 Å². The second kappa shape index (κ2) is 11.4. The monoisotopic (exact) mass is 565 g/mol. The number of fused-ring (bicyclic) bond motifs is 2. The molecule has 0 spiro atoms. The molecule has 0 atom stereocenters. The van der Waals surface area contributed by atoms with Crippen LogP contribution in [0.5, 0.6) is 5.75 Å². The molecule has 9 nitrogen and oxygen atoms in total. The third-order valence-corrected chi connectivity index (χ3v) is 7.61. The third kappa shape index (κ3) is 5.93. The topological polar surface area (TPSA) is 105 Å². The van der Waals surface area contributed by atoms with E-state index in [0.29, 0.717) is 22.8 Å². The Bertz CT molecular complexity index is 1640. The number of nitrogens with one attached hydrogen (secondary N) is 3. The van der Waals surface area contributed by atoms with Crippen LogP contribution in [0.15, 0.2) is 66.9 Å². The minimum Gasteiger partial charge on any atom is -0.482 e. The molecule has 0 aliphatic carbocycles. The number of carbonyl (C=O) groups is 2. The standard InChI is InChI=1S/C33H35N5O4/c1-33(2,3)26-16-29-30(42-20-31(39)35-29)17-28(26)37-32(40)36-27-11-10-23(24-6-4-5-7-25(24)27)21-8-9-22(34-18-21)19-38-12-14-41-15-13-38/h4-11,16-18H,12-15,19-20H2,1-3H3,(H,35,39)(H2,36,37,40). The average molecular weight is 566 g/mol. The number of pyridine rings is 1. The van der Waals surface area contributed by atoms with Crippen molar-refractivity contribution in [3.05, 3.63) is 78.1 Å². The van der Waals surface area contributed by atoms with Crippen LogP contribution in [-0.2, 0) is 21.5 Å². The fourth-order valence-electron chi connectivity index (χ4n) is 5.45. The quantitative estimate of drug-likeness (QED) is 0.274. The van der Waals surface area contributed by atoms with E-state index in [1.54, 1.807) is 6.07 Å². The van der Waals surface area contributed by atoms with Crippen molar-refractivity contribution in [2.24, 2.45) is 0 Å². The number of urea groups is 1. The lowest BCUT2D eigenvalue weighted by molar-refractivity contribution is -0.118. The molecule has 3 amide bonds. The molecule has 1 aromatic heterocycles. The number of ether oxygens (including phenoxy) is 2. The highest BCUT2D eigenvalue weighted by molar-refractivity contribution is 6.10. The molecule has 6 rings (SSSR count). The van der Waals surface area contributed by atoms with Crippen LogP contribution in [0.3, 0.4) is 0 Å². The van der Waals surface area contributed by atoms with Gasteiger partial charge in [0.05, 0.1) is 30.3 Å². The smallest absolute Gasteiger partial charge is 0.323 e. The summed E-state index contributed by atoms with van der Waals surface area (Å²) in [6.07, 6.45) is 1.92. The number of hydrogen-bond donors (Lipinski definition) is 3. The summed E-state index contributed by atoms with van der Waals surface area (Å²) in [5, 5.41) is 10.8. The highest BCUT2D eigenvalue weighted by Crippen LogP contribution is 2.39. The van der Waals surface area contributed by atoms with E-state index in [9.17, 15) is 9.59 Å². The van der Waals surface area contributed by atoms with E-state index in [-0.39, 0.29) is 24.0 Å². The number of aromatic nitrogens is 1. The van der Waals surface area contributed by atoms with E-state index >= 15 is 0 Å². The summed E-state index contributed by atoms with van der Waals surface area (Å²) in [4.78, 5) is 32.3. The number of nitrogens with zero attached hydrogens (tertiary/aromatic N) is 2. The van der Waals surface area contributed by atoms with Gasteiger partial charge in [-0.25, -0.2) is 4.79 Å². The Balaban J connectivity index is 1.23. The van der Waals surface area contributed by atoms with Gasteiger partial charge in [-0.15, -0.1) is 0 Å². The summed E-state index contributed by atoms with van der Waals surface area (Å²) >= 11 is 0. The minimum absolute atomic E-state index is 0.0576. The molecule has 0 saturated carbocycles. The molecule has 1 saturated heterocycles. The maximum atomic E-state index is 13.3. The van der Waals surface area contributed by atoms with Crippen LogP contribution in [0.2, 0.25) is 0 Å². The van der Waals surface area contributed by atoms with Crippen LogP contribution in [0, 0.1) is 0 Å². The molecule has 42 heavy (non-hydrogen) atoms. The lowest BCUT2D eigenvalue weighted by atomic mass is 9.85. The number of carbonyl (C=O) groups excluding carboxylic acids is 2. The average Bonchev–Trinajstić information content (AvgIpc) is 2.98. The number of hydrogen-bond acceptors (Lipinski definition) is 6. The highest BCUT2D eigenvalue weighted by atomic mass is 16.5. The molecule has 3 heterocycles. The van der Waals surface area contributed by atoms with Crippen LogP contribution >= 0.6 is 0 Å². The van der Waals surface area contributed by atoms with Gasteiger partial charge in [-0.2, -0.15) is 0 Å². The Labute approximate surface area is 245 Å². The molecular formula is C33H35N5O4. The summed E-state index contributed by atoms with van der Waals surface area (Å²) in [5.41, 5.74) is 5.61. The van der Waals surface area contributed by atoms with Crippen molar-refractivity contribution in [3.8, 4) is 16.9 Å². The first-order chi connectivity index (χ1) is 20.2. The maximum Gasteiger partial charge on any atom is 0.323 e. The Morgan fingerprint density at radius 1 is 0.976 bits per heavy atom. The van der Waals surface area contributed by atoms with E-state index in [1.165, 1.54) is 0 Å². The highest BCUT2D eigenvalue weighted by Gasteiger charge is 2.25. The van der Waals surface area contributed by atoms with E-state index in [0.717, 1.165) is 66.0 Å². The van der Waals surface area contributed by atoms with E-state index in [1.807, 2.05) is 42.6 Å². The second-order valence-electron chi connectivity index (χ2n) is 11.7. The van der Waals surface area contributed by atoms with Crippen molar-refractivity contribution in [3.63, 3.8) is 0 Å². The van der Waals surface area contributed by atoms with Crippen LogP contribution in [0.1, 0.15) is 32.0 Å². The Morgan fingerprint density at radius 2 is 1.74 bits per heavy atom. The molecule has 3 N–H and O–H groups in total. The van der Waals surface area contributed by atoms with Gasteiger partial charge in [0.15, 0.2) is 6.61 Å². The summed E-state index contributed by atoms with van der Waals surface area (Å²) in [6.45, 7) is 10.3. The number of anilines is 3. The van der Waals surface area contributed by atoms with Gasteiger partial charge in [0.1, 0.15) is 5.75 Å². The van der Waals surface area contributed by atoms with Crippen molar-refractivity contribution < 1.29 is 19.1 Å². The fraction of sp³-hybridized carbons (Fsp3) is 0.303. The van der Waals surface area contributed by atoms with Crippen LogP contribution in [0.4, 0.5) is 21.9 Å². The van der Waals surface area contributed by atoms with E-state index in [2.05, 4.69) is 59.8 Å². The molecule has 4 aromatic rings. The molecular weight excluding hydrogens is 530 g/mol. The van der Waals surface area contributed by atoms with Crippen LogP contribution in [-0.4, -0.2) is 54.7 Å². The second-order valence-corrected chi connectivity index (χ2v) is 11.7. The van der Waals surface area contributed by atoms with Gasteiger partial charge < -0.3 is 25.4 Å². The summed E-state index contributed by atoms with van der Waals surface area (Å²) < 4.78 is 11.1. The number of morpholine rings is 1. The van der Waals surface area contributed by atoms with Gasteiger partial charge >= 0.3 is 6.03 Å². The predicted octanol–water partition coefficient (Wildman–Crippen LogP) is 6.01. The molecule has 2 aliphatic rings. The lowest BCUT2D eigenvalue weighted by Gasteiger charge is -2.27. The van der Waals surface area contributed by atoms with Crippen molar-refractivity contribution in [1.29, 1.82) is 0 Å². The molecule has 0 bridgehead atoms. The minimum atomic E-state index is -0.368. The first kappa shape index (κ1) is 27.7. The molecule has 2 aliphatic heterocycles. The zero-order valence-corrected chi connectivity index (χ0v) is 24.1. The van der Waals surface area contributed by atoms with Gasteiger partial charge in [0.2, 0.25) is 0 Å². The molecule has 0 radical (unpaired) electrons. The van der Waals surface area contributed by atoms with Crippen LogP contribution < -0.4 is 20.7 Å². The normalized spacial score (nSPS) is 15.5. The molecule has 3 aromatic carbocycles. The first-order valence-electron chi connectivity index (χ1n) is 14.2. The Kier molecular flexibility index (Phi) is 7.53. The van der Waals surface area contributed by atoms with Crippen molar-refractivity contribution in [2.45, 2.75) is 32.7 Å². The van der Waals surface area contributed by atoms with E-state index in [4.69, 9.17) is 14.5 Å². The zero-order chi connectivity index (χ0) is 29.3. The summed E-state index contributed by atoms with van der Waals surface area (Å²) in [6, 6.07) is 19.4. The molecule has 9 heteroatoms. The molecule has 1 fully saturated rings. The fourth-order valence-corrected chi connectivity index (χ4v) is 5.45. The largest absolute Gasteiger partial charge is 0.482 e. The molecule has 0 unspecified atom stereocenters. The Hall–Kier alpha value is -4.47. The predicted molar refractivity (Wildman–Crippen MR) is 165 cm³/mol. The number of rotatable bonds is 5. The lowest BCUT2D eigenvalue weighted by Crippen LogP contribution is -2.35. The van der Waals surface area contributed by atoms with Crippen molar-refractivity contribution in [2.75, 3.05) is 48.9 Å². The van der Waals surface area contributed by atoms with Gasteiger partial charge in [-0.1, -0.05) is 57.2 Å². The first-order valence-corrected chi connectivity index (χ1v) is 14.2. The van der Waals surface area contributed by atoms with Crippen molar-refractivity contribution in [1.82, 2.24) is 9.88 Å². The summed E-state index contributed by atoms with van der Waals surface area (Å²) in [7, 11) is 0. The maximum absolute atomic E-state index is 13.3. The van der Waals surface area contributed by atoms with Gasteiger partial charge in [-0.05, 0) is 40.1 Å². The van der Waals surface area contributed by atoms with Gasteiger partial charge in [0, 0.05) is 48.5 Å². The number of amides is 3. The SMILES string of the molecule is CC(C)(C)c1cc2c(cc1NC(=O)Nc1ccc(-c3ccc(CN4CCOCC4)nc3)c3ccccc13)OCC(=O)N2. The third-order valence-electron chi connectivity index (χ3n) is 7.61. The van der Waals surface area contributed by atoms with Crippen LogP contribution in [0.25, 0.3) is 21.9 Å². The summed E-state index contributed by atoms with van der Waals surface area (Å²) in [5.74, 6) is 0.327. The van der Waals surface area contributed by atoms with E-state index < -0.39 is 0 Å². The molecule has 216 valence electrons. The Morgan fingerprint density at radius 3 is 2.48 bits per heavy atom.